The van der Waals surface area contributed by atoms with Crippen LogP contribution < -0.4 is 10.1 Å². The highest BCUT2D eigenvalue weighted by molar-refractivity contribution is 6.35. The standard InChI is InChI=1S/C10H11Cl2NO/c1-5-9(13-2)8-6(11)3-4-7(12)10(8)14-5/h3-5,9,13H,1-2H3. The number of likely N-dealkylation sites (N-methyl/N-ethyl adjacent to an activating group) is 1. The fourth-order valence-corrected chi connectivity index (χ4v) is 2.30. The number of rotatable bonds is 1. The smallest absolute Gasteiger partial charge is 0.144 e. The van der Waals surface area contributed by atoms with Gasteiger partial charge in [0.05, 0.1) is 11.1 Å². The van der Waals surface area contributed by atoms with Gasteiger partial charge >= 0.3 is 0 Å². The summed E-state index contributed by atoms with van der Waals surface area (Å²) in [5.74, 6) is 0.714. The van der Waals surface area contributed by atoms with Crippen LogP contribution in [0.15, 0.2) is 12.1 Å². The van der Waals surface area contributed by atoms with Crippen molar-refractivity contribution in [1.29, 1.82) is 0 Å². The number of fused-ring (bicyclic) bond motifs is 1. The third kappa shape index (κ3) is 1.38. The van der Waals surface area contributed by atoms with E-state index in [1.165, 1.54) is 0 Å². The zero-order valence-electron chi connectivity index (χ0n) is 7.97. The largest absolute Gasteiger partial charge is 0.487 e. The van der Waals surface area contributed by atoms with Crippen molar-refractivity contribution in [2.45, 2.75) is 19.1 Å². The first kappa shape index (κ1) is 10.1. The molecule has 0 spiro atoms. The van der Waals surface area contributed by atoms with Gasteiger partial charge in [0.15, 0.2) is 0 Å². The lowest BCUT2D eigenvalue weighted by Crippen LogP contribution is -2.25. The average Bonchev–Trinajstić information content (AvgIpc) is 2.50. The Hall–Kier alpha value is -0.440. The Balaban J connectivity index is 2.57. The van der Waals surface area contributed by atoms with Gasteiger partial charge in [-0.3, -0.25) is 0 Å². The summed E-state index contributed by atoms with van der Waals surface area (Å²) in [4.78, 5) is 0. The maximum absolute atomic E-state index is 6.10. The Bertz CT molecular complexity index is 367. The predicted octanol–water partition coefficient (Wildman–Crippen LogP) is 3.03. The molecule has 2 rings (SSSR count). The molecular weight excluding hydrogens is 221 g/mol. The van der Waals surface area contributed by atoms with Gasteiger partial charge in [0.2, 0.25) is 0 Å². The molecule has 0 fully saturated rings. The van der Waals surface area contributed by atoms with Crippen molar-refractivity contribution in [3.63, 3.8) is 0 Å². The second kappa shape index (κ2) is 3.61. The van der Waals surface area contributed by atoms with E-state index >= 15 is 0 Å². The van der Waals surface area contributed by atoms with Crippen LogP contribution in [0.25, 0.3) is 0 Å². The molecule has 2 nitrogen and oxygen atoms in total. The quantitative estimate of drug-likeness (QED) is 0.803. The van der Waals surface area contributed by atoms with E-state index in [-0.39, 0.29) is 12.1 Å². The summed E-state index contributed by atoms with van der Waals surface area (Å²) >= 11 is 12.1. The highest BCUT2D eigenvalue weighted by Gasteiger charge is 2.33. The van der Waals surface area contributed by atoms with Crippen LogP contribution in [0.4, 0.5) is 0 Å². The van der Waals surface area contributed by atoms with Gasteiger partial charge in [0, 0.05) is 10.6 Å². The van der Waals surface area contributed by atoms with E-state index in [0.29, 0.717) is 15.8 Å². The summed E-state index contributed by atoms with van der Waals surface area (Å²) in [6, 6.07) is 3.68. The van der Waals surface area contributed by atoms with Gasteiger partial charge < -0.3 is 10.1 Å². The van der Waals surface area contributed by atoms with Crippen LogP contribution in [-0.2, 0) is 0 Å². The molecule has 1 heterocycles. The molecule has 0 aliphatic carbocycles. The molecule has 0 aromatic heterocycles. The van der Waals surface area contributed by atoms with E-state index in [1.54, 1.807) is 12.1 Å². The van der Waals surface area contributed by atoms with Gasteiger partial charge in [-0.1, -0.05) is 23.2 Å². The van der Waals surface area contributed by atoms with E-state index in [4.69, 9.17) is 27.9 Å². The number of nitrogens with one attached hydrogen (secondary N) is 1. The molecule has 4 heteroatoms. The van der Waals surface area contributed by atoms with E-state index in [2.05, 4.69) is 5.32 Å². The van der Waals surface area contributed by atoms with E-state index in [9.17, 15) is 0 Å². The molecule has 0 bridgehead atoms. The second-order valence-electron chi connectivity index (χ2n) is 3.36. The van der Waals surface area contributed by atoms with Crippen LogP contribution in [0.2, 0.25) is 10.0 Å². The van der Waals surface area contributed by atoms with Crippen LogP contribution in [0, 0.1) is 0 Å². The van der Waals surface area contributed by atoms with Gasteiger partial charge in [-0.25, -0.2) is 0 Å². The maximum Gasteiger partial charge on any atom is 0.144 e. The molecule has 76 valence electrons. The second-order valence-corrected chi connectivity index (χ2v) is 4.18. The highest BCUT2D eigenvalue weighted by atomic mass is 35.5. The van der Waals surface area contributed by atoms with E-state index < -0.39 is 0 Å². The Morgan fingerprint density at radius 3 is 2.57 bits per heavy atom. The summed E-state index contributed by atoms with van der Waals surface area (Å²) in [6.07, 6.45) is 0.0624. The van der Waals surface area contributed by atoms with E-state index in [0.717, 1.165) is 5.56 Å². The van der Waals surface area contributed by atoms with Gasteiger partial charge in [-0.15, -0.1) is 0 Å². The number of ether oxygens (including phenoxy) is 1. The Labute approximate surface area is 93.2 Å². The minimum Gasteiger partial charge on any atom is -0.487 e. The summed E-state index contributed by atoms with van der Waals surface area (Å²) in [5.41, 5.74) is 0.967. The van der Waals surface area contributed by atoms with Crippen LogP contribution >= 0.6 is 23.2 Å². The lowest BCUT2D eigenvalue weighted by atomic mass is 10.0. The van der Waals surface area contributed by atoms with Gasteiger partial charge in [0.1, 0.15) is 11.9 Å². The van der Waals surface area contributed by atoms with Gasteiger partial charge in [0.25, 0.3) is 0 Å². The van der Waals surface area contributed by atoms with Gasteiger partial charge in [-0.2, -0.15) is 0 Å². The summed E-state index contributed by atoms with van der Waals surface area (Å²) in [6.45, 7) is 1.99. The zero-order chi connectivity index (χ0) is 10.3. The number of benzene rings is 1. The molecule has 2 atom stereocenters. The minimum absolute atomic E-state index is 0.0624. The van der Waals surface area contributed by atoms with Crippen molar-refractivity contribution in [1.82, 2.24) is 5.32 Å². The Morgan fingerprint density at radius 2 is 1.93 bits per heavy atom. The average molecular weight is 232 g/mol. The van der Waals surface area contributed by atoms with Crippen molar-refractivity contribution in [3.05, 3.63) is 27.7 Å². The molecule has 1 aromatic carbocycles. The molecule has 1 aliphatic heterocycles. The van der Waals surface area contributed by atoms with Crippen molar-refractivity contribution in [2.75, 3.05) is 7.05 Å². The van der Waals surface area contributed by atoms with Crippen LogP contribution in [0.5, 0.6) is 5.75 Å². The molecule has 0 amide bonds. The normalized spacial score (nSPS) is 24.6. The SMILES string of the molecule is CNC1c2c(Cl)ccc(Cl)c2OC1C. The summed E-state index contributed by atoms with van der Waals surface area (Å²) < 4.78 is 5.64. The Morgan fingerprint density at radius 1 is 1.29 bits per heavy atom. The van der Waals surface area contributed by atoms with E-state index in [1.807, 2.05) is 14.0 Å². The first-order valence-electron chi connectivity index (χ1n) is 4.47. The number of halogens is 2. The molecular formula is C10H11Cl2NO. The van der Waals surface area contributed by atoms with Crippen molar-refractivity contribution in [2.24, 2.45) is 0 Å². The maximum atomic E-state index is 6.10. The topological polar surface area (TPSA) is 21.3 Å². The summed E-state index contributed by atoms with van der Waals surface area (Å²) in [5, 5.41) is 4.49. The monoisotopic (exact) mass is 231 g/mol. The molecule has 1 aromatic rings. The molecule has 14 heavy (non-hydrogen) atoms. The predicted molar refractivity (Wildman–Crippen MR) is 58.4 cm³/mol. The fraction of sp³-hybridized carbons (Fsp3) is 0.400. The highest BCUT2D eigenvalue weighted by Crippen LogP contribution is 2.45. The molecule has 0 saturated carbocycles. The fourth-order valence-electron chi connectivity index (χ4n) is 1.83. The Kier molecular flexibility index (Phi) is 2.60. The third-order valence-corrected chi connectivity index (χ3v) is 3.12. The molecule has 0 radical (unpaired) electrons. The molecule has 2 unspecified atom stereocenters. The van der Waals surface area contributed by atoms with Crippen LogP contribution in [0.3, 0.4) is 0 Å². The van der Waals surface area contributed by atoms with Crippen LogP contribution in [-0.4, -0.2) is 13.2 Å². The lowest BCUT2D eigenvalue weighted by molar-refractivity contribution is 0.214. The third-order valence-electron chi connectivity index (χ3n) is 2.49. The van der Waals surface area contributed by atoms with Crippen molar-refractivity contribution in [3.8, 4) is 5.75 Å². The molecule has 1 aliphatic rings. The first-order valence-corrected chi connectivity index (χ1v) is 5.22. The molecule has 0 saturated heterocycles. The first-order chi connectivity index (χ1) is 6.65. The molecule has 1 N–H and O–H groups in total. The van der Waals surface area contributed by atoms with Gasteiger partial charge in [-0.05, 0) is 26.1 Å². The minimum atomic E-state index is 0.0624. The number of hydrogen-bond acceptors (Lipinski definition) is 2. The van der Waals surface area contributed by atoms with Crippen molar-refractivity contribution < 1.29 is 4.74 Å². The number of hydrogen-bond donors (Lipinski definition) is 1. The zero-order valence-corrected chi connectivity index (χ0v) is 9.49. The van der Waals surface area contributed by atoms with Crippen molar-refractivity contribution >= 4 is 23.2 Å². The van der Waals surface area contributed by atoms with Crippen LogP contribution in [0.1, 0.15) is 18.5 Å². The lowest BCUT2D eigenvalue weighted by Gasteiger charge is -2.13. The summed E-state index contributed by atoms with van der Waals surface area (Å²) in [7, 11) is 1.89.